The molecule has 0 bridgehead atoms. The van der Waals surface area contributed by atoms with E-state index >= 15 is 0 Å². The van der Waals surface area contributed by atoms with Crippen molar-refractivity contribution in [3.05, 3.63) is 48.0 Å². The zero-order chi connectivity index (χ0) is 10.5. The molecule has 0 nitrogen and oxygen atoms in total. The van der Waals surface area contributed by atoms with Gasteiger partial charge in [-0.15, -0.1) is 0 Å². The molecule has 0 amide bonds. The van der Waals surface area contributed by atoms with Crippen LogP contribution >= 0.6 is 0 Å². The molecule has 0 heterocycles. The van der Waals surface area contributed by atoms with Gasteiger partial charge in [0, 0.05) is 0 Å². The molecular formula is C15H16. The number of benzene rings is 2. The van der Waals surface area contributed by atoms with Crippen molar-refractivity contribution in [2.45, 2.75) is 25.7 Å². The molecule has 0 N–H and O–H groups in total. The first-order valence-electron chi connectivity index (χ1n) is 5.69. The second kappa shape index (κ2) is 2.85. The molecule has 0 heteroatoms. The first-order valence-corrected chi connectivity index (χ1v) is 5.69. The molecule has 2 aromatic carbocycles. The van der Waals surface area contributed by atoms with Crippen LogP contribution in [0.15, 0.2) is 42.5 Å². The lowest BCUT2D eigenvalue weighted by Gasteiger charge is -2.11. The van der Waals surface area contributed by atoms with E-state index in [1.54, 1.807) is 0 Å². The molecule has 3 rings (SSSR count). The molecule has 15 heavy (non-hydrogen) atoms. The van der Waals surface area contributed by atoms with Crippen LogP contribution in [0.2, 0.25) is 0 Å². The zero-order valence-corrected chi connectivity index (χ0v) is 9.33. The highest BCUT2D eigenvalue weighted by atomic mass is 14.5. The Kier molecular flexibility index (Phi) is 1.70. The van der Waals surface area contributed by atoms with Crippen LogP contribution in [0.5, 0.6) is 0 Å². The molecule has 1 aliphatic rings. The number of hydrogen-bond acceptors (Lipinski definition) is 0. The molecule has 1 saturated carbocycles. The van der Waals surface area contributed by atoms with Gasteiger partial charge in [-0.2, -0.15) is 0 Å². The number of rotatable bonds is 1. The Morgan fingerprint density at radius 2 is 1.73 bits per heavy atom. The van der Waals surface area contributed by atoms with Gasteiger partial charge in [-0.25, -0.2) is 0 Å². The molecule has 0 spiro atoms. The van der Waals surface area contributed by atoms with E-state index in [-0.39, 0.29) is 0 Å². The molecule has 2 atom stereocenters. The lowest BCUT2D eigenvalue weighted by Crippen LogP contribution is -2.02. The summed E-state index contributed by atoms with van der Waals surface area (Å²) in [5.74, 6) is 0.846. The summed E-state index contributed by atoms with van der Waals surface area (Å²) < 4.78 is 0. The lowest BCUT2D eigenvalue weighted by molar-refractivity contribution is 0.703. The van der Waals surface area contributed by atoms with Crippen molar-refractivity contribution >= 4 is 10.8 Å². The summed E-state index contributed by atoms with van der Waals surface area (Å²) in [6, 6.07) is 15.5. The van der Waals surface area contributed by atoms with Gasteiger partial charge in [-0.1, -0.05) is 56.3 Å². The maximum atomic E-state index is 2.38. The highest BCUT2D eigenvalue weighted by Crippen LogP contribution is 2.53. The minimum Gasteiger partial charge on any atom is -0.0616 e. The molecule has 0 radical (unpaired) electrons. The summed E-state index contributed by atoms with van der Waals surface area (Å²) in [6.45, 7) is 4.72. The highest BCUT2D eigenvalue weighted by Gasteiger charge is 2.47. The summed E-state index contributed by atoms with van der Waals surface area (Å²) >= 11 is 0. The summed E-state index contributed by atoms with van der Waals surface area (Å²) in [6.07, 6.45) is 1.34. The van der Waals surface area contributed by atoms with Crippen molar-refractivity contribution in [3.63, 3.8) is 0 Å². The molecule has 2 unspecified atom stereocenters. The van der Waals surface area contributed by atoms with Crippen molar-refractivity contribution < 1.29 is 0 Å². The van der Waals surface area contributed by atoms with Crippen LogP contribution in [0.4, 0.5) is 0 Å². The van der Waals surface area contributed by atoms with Crippen LogP contribution < -0.4 is 0 Å². The third kappa shape index (κ3) is 1.28. The fraction of sp³-hybridized carbons (Fsp3) is 0.333. The predicted molar refractivity (Wildman–Crippen MR) is 65.1 cm³/mol. The van der Waals surface area contributed by atoms with Crippen LogP contribution in [0.25, 0.3) is 10.8 Å². The zero-order valence-electron chi connectivity index (χ0n) is 9.33. The highest BCUT2D eigenvalue weighted by molar-refractivity contribution is 5.83. The second-order valence-corrected chi connectivity index (χ2v) is 5.08. The van der Waals surface area contributed by atoms with Crippen molar-refractivity contribution in [2.75, 3.05) is 0 Å². The quantitative estimate of drug-likeness (QED) is 0.643. The Labute approximate surface area is 90.9 Å². The van der Waals surface area contributed by atoms with Crippen molar-refractivity contribution in [2.24, 2.45) is 5.92 Å². The van der Waals surface area contributed by atoms with Crippen LogP contribution in [-0.4, -0.2) is 0 Å². The monoisotopic (exact) mass is 196 g/mol. The Bertz CT molecular complexity index is 512. The van der Waals surface area contributed by atoms with E-state index in [4.69, 9.17) is 0 Å². The van der Waals surface area contributed by atoms with Gasteiger partial charge < -0.3 is 0 Å². The van der Waals surface area contributed by atoms with Gasteiger partial charge in [0.15, 0.2) is 0 Å². The van der Waals surface area contributed by atoms with Gasteiger partial charge in [0.05, 0.1) is 0 Å². The molecule has 1 aliphatic carbocycles. The first-order chi connectivity index (χ1) is 7.20. The van der Waals surface area contributed by atoms with E-state index in [9.17, 15) is 0 Å². The minimum absolute atomic E-state index is 0.448. The van der Waals surface area contributed by atoms with Gasteiger partial charge in [0.25, 0.3) is 0 Å². The van der Waals surface area contributed by atoms with Crippen LogP contribution in [0.1, 0.15) is 25.8 Å². The average molecular weight is 196 g/mol. The SMILES string of the molecule is CC1CC1(C)c1ccc2ccccc2c1. The maximum absolute atomic E-state index is 2.38. The summed E-state index contributed by atoms with van der Waals surface area (Å²) in [5.41, 5.74) is 1.96. The van der Waals surface area contributed by atoms with Crippen LogP contribution in [0.3, 0.4) is 0 Å². The van der Waals surface area contributed by atoms with Crippen molar-refractivity contribution in [3.8, 4) is 0 Å². The van der Waals surface area contributed by atoms with E-state index in [1.165, 1.54) is 22.8 Å². The standard InChI is InChI=1S/C15H16/c1-11-10-15(11,2)14-8-7-12-5-3-4-6-13(12)9-14/h3-9,11H,10H2,1-2H3. The van der Waals surface area contributed by atoms with Crippen LogP contribution in [-0.2, 0) is 5.41 Å². The molecular weight excluding hydrogens is 180 g/mol. The average Bonchev–Trinajstić information content (AvgIpc) is 2.88. The number of fused-ring (bicyclic) bond motifs is 1. The third-order valence-electron chi connectivity index (χ3n) is 4.07. The Hall–Kier alpha value is -1.30. The normalized spacial score (nSPS) is 29.3. The summed E-state index contributed by atoms with van der Waals surface area (Å²) in [4.78, 5) is 0. The third-order valence-corrected chi connectivity index (χ3v) is 4.07. The Balaban J connectivity index is 2.15. The van der Waals surface area contributed by atoms with Gasteiger partial charge in [0.2, 0.25) is 0 Å². The molecule has 76 valence electrons. The fourth-order valence-electron chi connectivity index (χ4n) is 2.52. The minimum atomic E-state index is 0.448. The number of hydrogen-bond donors (Lipinski definition) is 0. The summed E-state index contributed by atoms with van der Waals surface area (Å²) in [7, 11) is 0. The molecule has 0 aliphatic heterocycles. The largest absolute Gasteiger partial charge is 0.0616 e. The van der Waals surface area contributed by atoms with Gasteiger partial charge in [-0.05, 0) is 34.1 Å². The van der Waals surface area contributed by atoms with Gasteiger partial charge >= 0.3 is 0 Å². The van der Waals surface area contributed by atoms with E-state index in [2.05, 4.69) is 56.3 Å². The topological polar surface area (TPSA) is 0 Å². The van der Waals surface area contributed by atoms with Gasteiger partial charge in [0.1, 0.15) is 0 Å². The molecule has 2 aromatic rings. The van der Waals surface area contributed by atoms with Crippen molar-refractivity contribution in [1.29, 1.82) is 0 Å². The molecule has 0 aromatic heterocycles. The molecule has 1 fully saturated rings. The smallest absolute Gasteiger partial charge is 0.00463 e. The van der Waals surface area contributed by atoms with E-state index in [0.29, 0.717) is 5.41 Å². The van der Waals surface area contributed by atoms with E-state index in [0.717, 1.165) is 5.92 Å². The van der Waals surface area contributed by atoms with Crippen LogP contribution in [0, 0.1) is 5.92 Å². The Morgan fingerprint density at radius 1 is 1.07 bits per heavy atom. The Morgan fingerprint density at radius 3 is 2.40 bits per heavy atom. The second-order valence-electron chi connectivity index (χ2n) is 5.08. The fourth-order valence-corrected chi connectivity index (χ4v) is 2.52. The molecule has 0 saturated heterocycles. The van der Waals surface area contributed by atoms with Gasteiger partial charge in [-0.3, -0.25) is 0 Å². The van der Waals surface area contributed by atoms with Crippen molar-refractivity contribution in [1.82, 2.24) is 0 Å². The lowest BCUT2D eigenvalue weighted by atomic mass is 9.93. The van der Waals surface area contributed by atoms with E-state index < -0.39 is 0 Å². The summed E-state index contributed by atoms with van der Waals surface area (Å²) in [5, 5.41) is 2.72. The first kappa shape index (κ1) is 8.96. The maximum Gasteiger partial charge on any atom is -0.00463 e. The predicted octanol–water partition coefficient (Wildman–Crippen LogP) is 4.14. The van der Waals surface area contributed by atoms with E-state index in [1.807, 2.05) is 0 Å².